The summed E-state index contributed by atoms with van der Waals surface area (Å²) in [6.07, 6.45) is 5.28. The van der Waals surface area contributed by atoms with E-state index in [-0.39, 0.29) is 0 Å². The van der Waals surface area contributed by atoms with E-state index >= 15 is 0 Å². The van der Waals surface area contributed by atoms with Gasteiger partial charge in [0.1, 0.15) is 0 Å². The molecule has 0 bridgehead atoms. The van der Waals surface area contributed by atoms with E-state index in [2.05, 4.69) is 15.0 Å². The zero-order chi connectivity index (χ0) is 17.8. The van der Waals surface area contributed by atoms with E-state index in [1.807, 2.05) is 35.2 Å². The lowest BCUT2D eigenvalue weighted by Crippen LogP contribution is -2.35. The fourth-order valence-electron chi connectivity index (χ4n) is 3.93. The molecule has 2 aromatic rings. The first-order valence-electron chi connectivity index (χ1n) is 9.66. The predicted molar refractivity (Wildman–Crippen MR) is 98.2 cm³/mol. The van der Waals surface area contributed by atoms with Crippen LogP contribution in [0.25, 0.3) is 11.4 Å². The zero-order valence-corrected chi connectivity index (χ0v) is 15.1. The van der Waals surface area contributed by atoms with Crippen molar-refractivity contribution in [2.45, 2.75) is 38.6 Å². The average molecular weight is 354 g/mol. The lowest BCUT2D eigenvalue weighted by atomic mass is 9.93. The van der Waals surface area contributed by atoms with Crippen LogP contribution in [0.15, 0.2) is 34.9 Å². The zero-order valence-electron chi connectivity index (χ0n) is 15.1. The number of rotatable bonds is 6. The topological polar surface area (TPSA) is 62.5 Å². The van der Waals surface area contributed by atoms with Crippen molar-refractivity contribution in [3.05, 3.63) is 36.2 Å². The quantitative estimate of drug-likeness (QED) is 0.798. The number of amides is 1. The van der Waals surface area contributed by atoms with E-state index in [4.69, 9.17) is 4.52 Å². The first kappa shape index (κ1) is 17.2. The van der Waals surface area contributed by atoms with E-state index in [9.17, 15) is 4.79 Å². The molecule has 0 N–H and O–H groups in total. The molecule has 0 radical (unpaired) electrons. The van der Waals surface area contributed by atoms with Gasteiger partial charge in [0, 0.05) is 25.1 Å². The third-order valence-electron chi connectivity index (χ3n) is 5.54. The Bertz CT molecular complexity index is 722. The van der Waals surface area contributed by atoms with Gasteiger partial charge in [0.25, 0.3) is 0 Å². The molecular weight excluding hydrogens is 328 g/mol. The summed E-state index contributed by atoms with van der Waals surface area (Å²) in [6, 6.07) is 9.92. The standard InChI is InChI=1S/C20H26N4O2/c25-19-7-4-11-24(19)14-10-16-8-12-23(13-9-16)15-18-21-20(22-26-18)17-5-2-1-3-6-17/h1-3,5-6,16H,4,7-15H2. The number of benzene rings is 1. The van der Waals surface area contributed by atoms with Crippen LogP contribution in [0, 0.1) is 5.92 Å². The number of hydrogen-bond donors (Lipinski definition) is 0. The van der Waals surface area contributed by atoms with Crippen LogP contribution < -0.4 is 0 Å². The number of carbonyl (C=O) groups excluding carboxylic acids is 1. The fourth-order valence-corrected chi connectivity index (χ4v) is 3.93. The van der Waals surface area contributed by atoms with E-state index in [0.29, 0.717) is 17.6 Å². The number of carbonyl (C=O) groups is 1. The summed E-state index contributed by atoms with van der Waals surface area (Å²) >= 11 is 0. The number of hydrogen-bond acceptors (Lipinski definition) is 5. The summed E-state index contributed by atoms with van der Waals surface area (Å²) in [6.45, 7) is 4.73. The number of likely N-dealkylation sites (tertiary alicyclic amines) is 2. The summed E-state index contributed by atoms with van der Waals surface area (Å²) in [5.74, 6) is 2.41. The Kier molecular flexibility index (Phi) is 5.29. The van der Waals surface area contributed by atoms with Crippen LogP contribution in [0.4, 0.5) is 0 Å². The molecular formula is C20H26N4O2. The van der Waals surface area contributed by atoms with Gasteiger partial charge in [-0.15, -0.1) is 0 Å². The smallest absolute Gasteiger partial charge is 0.241 e. The van der Waals surface area contributed by atoms with Crippen LogP contribution >= 0.6 is 0 Å². The minimum Gasteiger partial charge on any atom is -0.343 e. The normalized spacial score (nSPS) is 19.4. The SMILES string of the molecule is O=C1CCCN1CCC1CCN(Cc2nc(-c3ccccc3)no2)CC1. The van der Waals surface area contributed by atoms with Gasteiger partial charge >= 0.3 is 0 Å². The van der Waals surface area contributed by atoms with Gasteiger partial charge in [-0.3, -0.25) is 9.69 Å². The molecule has 1 aromatic carbocycles. The van der Waals surface area contributed by atoms with Crippen LogP contribution in [-0.4, -0.2) is 52.0 Å². The van der Waals surface area contributed by atoms with Crippen LogP contribution in [0.1, 0.15) is 38.0 Å². The monoisotopic (exact) mass is 354 g/mol. The van der Waals surface area contributed by atoms with Crippen LogP contribution in [0.5, 0.6) is 0 Å². The maximum atomic E-state index is 11.7. The van der Waals surface area contributed by atoms with Crippen molar-refractivity contribution in [2.24, 2.45) is 5.92 Å². The molecule has 4 rings (SSSR count). The maximum Gasteiger partial charge on any atom is 0.241 e. The predicted octanol–water partition coefficient (Wildman–Crippen LogP) is 2.96. The second-order valence-corrected chi connectivity index (χ2v) is 7.37. The second kappa shape index (κ2) is 7.99. The van der Waals surface area contributed by atoms with Gasteiger partial charge in [0.15, 0.2) is 0 Å². The summed E-state index contributed by atoms with van der Waals surface area (Å²) < 4.78 is 5.43. The molecule has 2 aliphatic heterocycles. The highest BCUT2D eigenvalue weighted by molar-refractivity contribution is 5.77. The Hall–Kier alpha value is -2.21. The lowest BCUT2D eigenvalue weighted by Gasteiger charge is -2.31. The molecule has 2 saturated heterocycles. The highest BCUT2D eigenvalue weighted by Crippen LogP contribution is 2.23. The Morgan fingerprint density at radius 2 is 1.92 bits per heavy atom. The molecule has 26 heavy (non-hydrogen) atoms. The van der Waals surface area contributed by atoms with Gasteiger partial charge in [0.05, 0.1) is 6.54 Å². The minimum atomic E-state index is 0.341. The van der Waals surface area contributed by atoms with Crippen molar-refractivity contribution in [3.63, 3.8) is 0 Å². The molecule has 0 aliphatic carbocycles. The van der Waals surface area contributed by atoms with Gasteiger partial charge < -0.3 is 9.42 Å². The van der Waals surface area contributed by atoms with Crippen molar-refractivity contribution in [2.75, 3.05) is 26.2 Å². The first-order valence-corrected chi connectivity index (χ1v) is 9.66. The van der Waals surface area contributed by atoms with E-state index < -0.39 is 0 Å². The van der Waals surface area contributed by atoms with Crippen molar-refractivity contribution >= 4 is 5.91 Å². The molecule has 6 nitrogen and oxygen atoms in total. The van der Waals surface area contributed by atoms with Crippen molar-refractivity contribution in [1.29, 1.82) is 0 Å². The molecule has 0 spiro atoms. The van der Waals surface area contributed by atoms with Crippen LogP contribution in [-0.2, 0) is 11.3 Å². The van der Waals surface area contributed by atoms with Gasteiger partial charge in [0.2, 0.25) is 17.6 Å². The van der Waals surface area contributed by atoms with Crippen LogP contribution in [0.3, 0.4) is 0 Å². The summed E-state index contributed by atoms with van der Waals surface area (Å²) in [5, 5.41) is 4.10. The Morgan fingerprint density at radius 3 is 2.65 bits per heavy atom. The van der Waals surface area contributed by atoms with Crippen molar-refractivity contribution in [1.82, 2.24) is 19.9 Å². The Morgan fingerprint density at radius 1 is 1.12 bits per heavy atom. The Labute approximate surface area is 154 Å². The molecule has 0 saturated carbocycles. The summed E-state index contributed by atoms with van der Waals surface area (Å²) in [4.78, 5) is 20.7. The molecule has 3 heterocycles. The van der Waals surface area contributed by atoms with Gasteiger partial charge in [-0.2, -0.15) is 4.98 Å². The van der Waals surface area contributed by atoms with E-state index in [1.165, 1.54) is 12.8 Å². The van der Waals surface area contributed by atoms with Gasteiger partial charge in [-0.1, -0.05) is 35.5 Å². The van der Waals surface area contributed by atoms with Crippen molar-refractivity contribution < 1.29 is 9.32 Å². The molecule has 138 valence electrons. The molecule has 1 amide bonds. The third-order valence-corrected chi connectivity index (χ3v) is 5.54. The number of piperidine rings is 1. The number of aromatic nitrogens is 2. The summed E-state index contributed by atoms with van der Waals surface area (Å²) in [5.41, 5.74) is 0.984. The Balaban J connectivity index is 1.23. The largest absolute Gasteiger partial charge is 0.343 e. The summed E-state index contributed by atoms with van der Waals surface area (Å²) in [7, 11) is 0. The second-order valence-electron chi connectivity index (χ2n) is 7.37. The van der Waals surface area contributed by atoms with Gasteiger partial charge in [-0.05, 0) is 44.7 Å². The third kappa shape index (κ3) is 4.12. The molecule has 1 aromatic heterocycles. The van der Waals surface area contributed by atoms with Crippen LogP contribution in [0.2, 0.25) is 0 Å². The van der Waals surface area contributed by atoms with Crippen molar-refractivity contribution in [3.8, 4) is 11.4 Å². The highest BCUT2D eigenvalue weighted by Gasteiger charge is 2.24. The van der Waals surface area contributed by atoms with E-state index in [1.54, 1.807) is 0 Å². The molecule has 0 atom stereocenters. The molecule has 6 heteroatoms. The lowest BCUT2D eigenvalue weighted by molar-refractivity contribution is -0.127. The first-order chi connectivity index (χ1) is 12.8. The molecule has 0 unspecified atom stereocenters. The average Bonchev–Trinajstić information content (AvgIpc) is 3.31. The highest BCUT2D eigenvalue weighted by atomic mass is 16.5. The van der Waals surface area contributed by atoms with E-state index in [0.717, 1.165) is 63.5 Å². The fraction of sp³-hybridized carbons (Fsp3) is 0.550. The van der Waals surface area contributed by atoms with Gasteiger partial charge in [-0.25, -0.2) is 0 Å². The molecule has 2 fully saturated rings. The minimum absolute atomic E-state index is 0.341. The molecule has 2 aliphatic rings. The maximum absolute atomic E-state index is 11.7. The number of nitrogens with zero attached hydrogens (tertiary/aromatic N) is 4.